The van der Waals surface area contributed by atoms with Gasteiger partial charge >= 0.3 is 0 Å². The van der Waals surface area contributed by atoms with Crippen LogP contribution in [-0.4, -0.2) is 39.6 Å². The fourth-order valence-electron chi connectivity index (χ4n) is 3.16. The molecule has 0 aromatic carbocycles. The summed E-state index contributed by atoms with van der Waals surface area (Å²) in [7, 11) is 0. The van der Waals surface area contributed by atoms with Crippen LogP contribution in [0.1, 0.15) is 57.7 Å². The zero-order valence-electron chi connectivity index (χ0n) is 12.9. The Morgan fingerprint density at radius 1 is 1.35 bits per heavy atom. The molecule has 1 saturated heterocycles. The number of imidazole rings is 1. The summed E-state index contributed by atoms with van der Waals surface area (Å²) < 4.78 is 2.39. The van der Waals surface area contributed by atoms with Gasteiger partial charge in [0.2, 0.25) is 0 Å². The molecule has 112 valence electrons. The van der Waals surface area contributed by atoms with Crippen LogP contribution in [0, 0.1) is 0 Å². The highest BCUT2D eigenvalue weighted by Crippen LogP contribution is 2.35. The molecule has 1 aromatic heterocycles. The van der Waals surface area contributed by atoms with E-state index in [9.17, 15) is 0 Å². The molecule has 0 spiro atoms. The highest BCUT2D eigenvalue weighted by atomic mass is 15.2. The van der Waals surface area contributed by atoms with Gasteiger partial charge in [-0.05, 0) is 46.1 Å². The monoisotopic (exact) mass is 276 g/mol. The highest BCUT2D eigenvalue weighted by Gasteiger charge is 2.26. The van der Waals surface area contributed by atoms with E-state index in [0.717, 1.165) is 19.1 Å². The third kappa shape index (κ3) is 3.41. The summed E-state index contributed by atoms with van der Waals surface area (Å²) in [6.45, 7) is 8.00. The van der Waals surface area contributed by atoms with Gasteiger partial charge in [0, 0.05) is 37.4 Å². The van der Waals surface area contributed by atoms with Crippen molar-refractivity contribution < 1.29 is 0 Å². The molecule has 2 fully saturated rings. The molecule has 3 rings (SSSR count). The number of hydrogen-bond donors (Lipinski definition) is 1. The Labute approximate surface area is 122 Å². The molecule has 2 aliphatic rings. The van der Waals surface area contributed by atoms with Crippen molar-refractivity contribution in [2.45, 2.75) is 70.6 Å². The van der Waals surface area contributed by atoms with Crippen LogP contribution in [0.2, 0.25) is 0 Å². The minimum absolute atomic E-state index is 0.585. The van der Waals surface area contributed by atoms with Gasteiger partial charge in [0.25, 0.3) is 0 Å². The molecule has 1 aliphatic carbocycles. The normalized spacial score (nSPS) is 23.7. The fourth-order valence-corrected chi connectivity index (χ4v) is 3.16. The maximum Gasteiger partial charge on any atom is 0.0951 e. The first-order valence-electron chi connectivity index (χ1n) is 8.22. The summed E-state index contributed by atoms with van der Waals surface area (Å²) in [5, 5.41) is 3.67. The van der Waals surface area contributed by atoms with Crippen LogP contribution >= 0.6 is 0 Å². The van der Waals surface area contributed by atoms with Crippen LogP contribution < -0.4 is 5.32 Å². The lowest BCUT2D eigenvalue weighted by Crippen LogP contribution is -2.45. The molecule has 4 nitrogen and oxygen atoms in total. The molecule has 1 atom stereocenters. The molecule has 1 aromatic rings. The van der Waals surface area contributed by atoms with Crippen molar-refractivity contribution in [3.8, 4) is 0 Å². The van der Waals surface area contributed by atoms with E-state index in [1.807, 2.05) is 6.33 Å². The molecule has 0 radical (unpaired) electrons. The van der Waals surface area contributed by atoms with Gasteiger partial charge < -0.3 is 9.88 Å². The van der Waals surface area contributed by atoms with Crippen molar-refractivity contribution in [1.82, 2.24) is 19.8 Å². The van der Waals surface area contributed by atoms with E-state index in [1.54, 1.807) is 0 Å². The van der Waals surface area contributed by atoms with Gasteiger partial charge in [-0.3, -0.25) is 4.90 Å². The lowest BCUT2D eigenvalue weighted by Gasteiger charge is -2.33. The third-order valence-corrected chi connectivity index (χ3v) is 4.65. The predicted molar refractivity (Wildman–Crippen MR) is 81.7 cm³/mol. The number of rotatable bonds is 6. The highest BCUT2D eigenvalue weighted by molar-refractivity contribution is 5.04. The zero-order chi connectivity index (χ0) is 13.9. The minimum Gasteiger partial charge on any atom is -0.330 e. The predicted octanol–water partition coefficient (Wildman–Crippen LogP) is 2.57. The summed E-state index contributed by atoms with van der Waals surface area (Å²) in [6, 6.07) is 1.99. The van der Waals surface area contributed by atoms with Crippen molar-refractivity contribution in [2.24, 2.45) is 0 Å². The number of aromatic nitrogens is 2. The van der Waals surface area contributed by atoms with Crippen molar-refractivity contribution >= 4 is 0 Å². The lowest BCUT2D eigenvalue weighted by atomic mass is 10.0. The molecular weight excluding hydrogens is 248 g/mol. The molecule has 0 bridgehead atoms. The Morgan fingerprint density at radius 2 is 2.20 bits per heavy atom. The molecule has 2 heterocycles. The molecular formula is C16H28N4. The topological polar surface area (TPSA) is 33.1 Å². The van der Waals surface area contributed by atoms with Gasteiger partial charge in [-0.25, -0.2) is 4.98 Å². The molecule has 4 heteroatoms. The minimum atomic E-state index is 0.585. The van der Waals surface area contributed by atoms with E-state index in [0.29, 0.717) is 12.1 Å². The zero-order valence-corrected chi connectivity index (χ0v) is 12.9. The Bertz CT molecular complexity index is 416. The molecule has 1 aliphatic heterocycles. The van der Waals surface area contributed by atoms with Crippen LogP contribution in [0.25, 0.3) is 0 Å². The second-order valence-corrected chi connectivity index (χ2v) is 6.69. The summed E-state index contributed by atoms with van der Waals surface area (Å²) in [5.41, 5.74) is 1.39. The first kappa shape index (κ1) is 14.1. The van der Waals surface area contributed by atoms with E-state index in [2.05, 4.69) is 39.8 Å². The average molecular weight is 276 g/mol. The summed E-state index contributed by atoms with van der Waals surface area (Å²) in [6.07, 6.45) is 10.8. The van der Waals surface area contributed by atoms with E-state index in [1.165, 1.54) is 44.3 Å². The van der Waals surface area contributed by atoms with Crippen LogP contribution in [0.3, 0.4) is 0 Å². The maximum absolute atomic E-state index is 4.36. The fraction of sp³-hybridized carbons (Fsp3) is 0.812. The first-order chi connectivity index (χ1) is 9.74. The van der Waals surface area contributed by atoms with Crippen LogP contribution in [0.15, 0.2) is 12.5 Å². The lowest BCUT2D eigenvalue weighted by molar-refractivity contribution is 0.173. The molecule has 1 N–H and O–H groups in total. The number of nitrogens with one attached hydrogen (secondary N) is 1. The van der Waals surface area contributed by atoms with Crippen LogP contribution in [-0.2, 0) is 6.54 Å². The molecule has 1 saturated carbocycles. The Kier molecular flexibility index (Phi) is 4.41. The standard InChI is InChI=1S/C16H28N4/c1-13(2)19(10-14-5-3-4-8-18-14)11-16-9-17-12-20(16)15-6-7-15/h9,12-15,18H,3-8,10-11H2,1-2H3. The average Bonchev–Trinajstić information content (AvgIpc) is 3.19. The van der Waals surface area contributed by atoms with E-state index in [4.69, 9.17) is 0 Å². The maximum atomic E-state index is 4.36. The van der Waals surface area contributed by atoms with Crippen molar-refractivity contribution in [1.29, 1.82) is 0 Å². The summed E-state index contributed by atoms with van der Waals surface area (Å²) in [4.78, 5) is 6.96. The van der Waals surface area contributed by atoms with Crippen molar-refractivity contribution in [2.75, 3.05) is 13.1 Å². The molecule has 0 amide bonds. The van der Waals surface area contributed by atoms with Crippen molar-refractivity contribution in [3.63, 3.8) is 0 Å². The largest absolute Gasteiger partial charge is 0.330 e. The third-order valence-electron chi connectivity index (χ3n) is 4.65. The summed E-state index contributed by atoms with van der Waals surface area (Å²) in [5.74, 6) is 0. The van der Waals surface area contributed by atoms with Crippen LogP contribution in [0.5, 0.6) is 0 Å². The Morgan fingerprint density at radius 3 is 2.85 bits per heavy atom. The first-order valence-corrected chi connectivity index (χ1v) is 8.22. The Balaban J connectivity index is 1.62. The van der Waals surface area contributed by atoms with E-state index < -0.39 is 0 Å². The van der Waals surface area contributed by atoms with Gasteiger partial charge in [-0.1, -0.05) is 6.42 Å². The molecule has 20 heavy (non-hydrogen) atoms. The van der Waals surface area contributed by atoms with Gasteiger partial charge in [-0.2, -0.15) is 0 Å². The smallest absolute Gasteiger partial charge is 0.0951 e. The molecule has 1 unspecified atom stereocenters. The van der Waals surface area contributed by atoms with Gasteiger partial charge in [0.05, 0.1) is 12.0 Å². The quantitative estimate of drug-likeness (QED) is 0.867. The van der Waals surface area contributed by atoms with Gasteiger partial charge in [-0.15, -0.1) is 0 Å². The number of hydrogen-bond acceptors (Lipinski definition) is 3. The SMILES string of the molecule is CC(C)N(Cc1cncn1C1CC1)CC1CCCCN1. The van der Waals surface area contributed by atoms with Gasteiger partial charge in [0.15, 0.2) is 0 Å². The van der Waals surface area contributed by atoms with E-state index >= 15 is 0 Å². The van der Waals surface area contributed by atoms with Gasteiger partial charge in [0.1, 0.15) is 0 Å². The second-order valence-electron chi connectivity index (χ2n) is 6.69. The summed E-state index contributed by atoms with van der Waals surface area (Å²) >= 11 is 0. The number of piperidine rings is 1. The number of nitrogens with zero attached hydrogens (tertiary/aromatic N) is 3. The van der Waals surface area contributed by atoms with Crippen LogP contribution in [0.4, 0.5) is 0 Å². The second kappa shape index (κ2) is 6.27. The van der Waals surface area contributed by atoms with Crippen molar-refractivity contribution in [3.05, 3.63) is 18.2 Å². The van der Waals surface area contributed by atoms with E-state index in [-0.39, 0.29) is 0 Å². The Hall–Kier alpha value is -0.870.